The predicted molar refractivity (Wildman–Crippen MR) is 580 cm³/mol. The van der Waals surface area contributed by atoms with Crippen molar-refractivity contribution in [2.75, 3.05) is 0 Å². The van der Waals surface area contributed by atoms with Gasteiger partial charge in [0.2, 0.25) is 0 Å². The average molecular weight is 1900 g/mol. The summed E-state index contributed by atoms with van der Waals surface area (Å²) in [6.07, 6.45) is 0. The summed E-state index contributed by atoms with van der Waals surface area (Å²) >= 11 is 3.58. The lowest BCUT2D eigenvalue weighted by molar-refractivity contribution is 0.00578. The Kier molecular flexibility index (Phi) is 26.5. The van der Waals surface area contributed by atoms with E-state index < -0.39 is 7.12 Å². The summed E-state index contributed by atoms with van der Waals surface area (Å²) in [5.41, 5.74) is 27.1. The van der Waals surface area contributed by atoms with E-state index >= 15 is 0 Å². The Balaban J connectivity index is 0.000000135. The van der Waals surface area contributed by atoms with Crippen LogP contribution in [0.3, 0.4) is 0 Å². The van der Waals surface area contributed by atoms with E-state index in [-0.39, 0.29) is 11.2 Å². The van der Waals surface area contributed by atoms with Crippen molar-refractivity contribution in [1.82, 2.24) is 59.8 Å². The Morgan fingerprint density at radius 2 is 0.282 bits per heavy atom. The normalized spacial score (nSPS) is 12.3. The van der Waals surface area contributed by atoms with Crippen molar-refractivity contribution in [3.8, 4) is 215 Å². The van der Waals surface area contributed by atoms with Gasteiger partial charge in [0.05, 0.1) is 11.2 Å². The lowest BCUT2D eigenvalue weighted by Gasteiger charge is -2.32. The lowest BCUT2D eigenvalue weighted by atomic mass is 9.78. The Labute approximate surface area is 834 Å². The van der Waals surface area contributed by atoms with Crippen LogP contribution in [-0.2, 0) is 9.31 Å². The highest BCUT2D eigenvalue weighted by atomic mass is 79.9. The second kappa shape index (κ2) is 41.4. The Hall–Kier alpha value is -17.5. The predicted octanol–water partition coefficient (Wildman–Crippen LogP) is 30.5. The fraction of sp³-hybridized carbons (Fsp3) is 0.0476. The molecule has 0 atom stereocenters. The summed E-state index contributed by atoms with van der Waals surface area (Å²) in [6.45, 7) is 8.29. The van der Waals surface area contributed by atoms with Crippen LogP contribution in [0.5, 0.6) is 0 Å². The standard InChI is InChI=1S/C60H40N6.C33H30BN3O2.C33H22BrN3/c1-5-18-41(19-6-1)55-61-56(42-20-7-2-8-21-42)64-59(63-55)53-34-16-32-51(39-53)49-30-14-28-47(37-49)45-26-13-27-46(36-45)48-29-15-31-50(38-48)52-33-17-35-54(40-52)60-65-57(43-22-9-3-10-23-43)62-58(66-60)44-24-11-4-12-25-44;1-32(2)33(3,4)39-34(38-32)28-20-12-18-26(22-28)25-17-11-19-27(21-25)31-36-29(23-13-7-5-8-14-23)35-30(37-31)24-15-9-6-10-16-24;34-30-19-9-17-28(22-30)26-15-7-14-25(20-26)27-16-8-18-29(21-27)33-36-31(23-10-3-1-4-11-23)35-32(37-33)24-12-5-2-6-13-24/h1-40H;5-22H,1-4H3;1-22H. The molecule has 23 rings (SSSR count). The summed E-state index contributed by atoms with van der Waals surface area (Å²) in [7, 11) is -0.413. The van der Waals surface area contributed by atoms with Gasteiger partial charge in [-0.2, -0.15) is 0 Å². The Morgan fingerprint density at radius 3 is 0.465 bits per heavy atom. The largest absolute Gasteiger partial charge is 0.494 e. The highest BCUT2D eigenvalue weighted by Gasteiger charge is 2.52. The number of halogens is 1. The molecule has 678 valence electrons. The second-order valence-corrected chi connectivity index (χ2v) is 36.4. The fourth-order valence-electron chi connectivity index (χ4n) is 17.1. The minimum absolute atomic E-state index is 0.390. The molecule has 1 aliphatic heterocycles. The third-order valence-electron chi connectivity index (χ3n) is 25.3. The number of nitrogens with zero attached hydrogens (tertiary/aromatic N) is 12. The van der Waals surface area contributed by atoms with Gasteiger partial charge in [0.1, 0.15) is 0 Å². The van der Waals surface area contributed by atoms with Crippen LogP contribution in [0.2, 0.25) is 0 Å². The summed E-state index contributed by atoms with van der Waals surface area (Å²) in [5.74, 6) is 7.70. The van der Waals surface area contributed by atoms with E-state index in [1.165, 1.54) is 11.1 Å². The number of aromatic nitrogens is 12. The molecule has 142 heavy (non-hydrogen) atoms. The molecule has 16 heteroatoms. The molecule has 18 aromatic carbocycles. The number of hydrogen-bond donors (Lipinski definition) is 0. The summed E-state index contributed by atoms with van der Waals surface area (Å²) in [4.78, 5) is 58.8. The molecular formula is C126H92BBrN12O2. The quantitative estimate of drug-likeness (QED) is 0.0659. The van der Waals surface area contributed by atoms with Crippen LogP contribution < -0.4 is 5.46 Å². The first-order chi connectivity index (χ1) is 69.7. The van der Waals surface area contributed by atoms with Crippen molar-refractivity contribution in [1.29, 1.82) is 0 Å². The molecule has 0 saturated carbocycles. The molecule has 4 aromatic heterocycles. The SMILES string of the molecule is Brc1cccc(-c2cccc(-c3cccc(-c4nc(-c5ccccc5)nc(-c5ccccc5)n4)c3)c2)c1.CC1(C)OB(c2cccc(-c3cccc(-c4nc(-c5ccccc5)nc(-c5ccccc5)n4)c3)c2)OC1(C)C.c1ccc(-c2nc(-c3ccccc3)nc(-c3cccc(-c4cccc(-c5cccc(-c6cccc(-c7cccc(-c8nc(-c9ccccc9)nc(-c9ccccc9)n8)c7)c6)c5)c4)c3)n2)cc1. The van der Waals surface area contributed by atoms with Gasteiger partial charge in [-0.1, -0.05) is 441 Å². The van der Waals surface area contributed by atoms with Crippen molar-refractivity contribution >= 4 is 28.5 Å². The fourth-order valence-corrected chi connectivity index (χ4v) is 17.5. The second-order valence-electron chi connectivity index (χ2n) is 35.5. The van der Waals surface area contributed by atoms with Gasteiger partial charge in [-0.05, 0) is 172 Å². The number of benzene rings is 18. The first-order valence-electron chi connectivity index (χ1n) is 47.2. The van der Waals surface area contributed by atoms with Crippen LogP contribution in [-0.4, -0.2) is 78.1 Å². The van der Waals surface area contributed by atoms with Gasteiger partial charge < -0.3 is 9.31 Å². The van der Waals surface area contributed by atoms with Gasteiger partial charge in [0.15, 0.2) is 69.9 Å². The zero-order valence-corrected chi connectivity index (χ0v) is 79.9. The molecule has 0 radical (unpaired) electrons. The molecule has 5 heterocycles. The van der Waals surface area contributed by atoms with Gasteiger partial charge in [-0.15, -0.1) is 0 Å². The van der Waals surface area contributed by atoms with Crippen molar-refractivity contribution in [2.24, 2.45) is 0 Å². The maximum atomic E-state index is 6.30. The van der Waals surface area contributed by atoms with E-state index in [1.807, 2.05) is 267 Å². The Morgan fingerprint density at radius 1 is 0.148 bits per heavy atom. The third-order valence-corrected chi connectivity index (χ3v) is 25.8. The van der Waals surface area contributed by atoms with Gasteiger partial charge in [0, 0.05) is 71.2 Å². The molecular weight excluding hydrogens is 1800 g/mol. The monoisotopic (exact) mass is 1890 g/mol. The highest BCUT2D eigenvalue weighted by Crippen LogP contribution is 2.41. The summed E-state index contributed by atoms with van der Waals surface area (Å²) < 4.78 is 13.7. The summed E-state index contributed by atoms with van der Waals surface area (Å²) in [5, 5.41) is 0. The molecule has 0 N–H and O–H groups in total. The van der Waals surface area contributed by atoms with E-state index in [0.717, 1.165) is 143 Å². The maximum Gasteiger partial charge on any atom is 0.494 e. The molecule has 14 nitrogen and oxygen atoms in total. The molecule has 0 spiro atoms. The van der Waals surface area contributed by atoms with Crippen molar-refractivity contribution in [3.63, 3.8) is 0 Å². The van der Waals surface area contributed by atoms with Crippen LogP contribution in [0.1, 0.15) is 27.7 Å². The molecule has 1 aliphatic rings. The summed E-state index contributed by atoms with van der Waals surface area (Å²) in [6, 6.07) is 165. The van der Waals surface area contributed by atoms with Crippen LogP contribution in [0.4, 0.5) is 0 Å². The maximum absolute atomic E-state index is 6.30. The van der Waals surface area contributed by atoms with E-state index in [9.17, 15) is 0 Å². The van der Waals surface area contributed by atoms with Crippen LogP contribution in [0, 0.1) is 0 Å². The van der Waals surface area contributed by atoms with E-state index in [1.54, 1.807) is 0 Å². The highest BCUT2D eigenvalue weighted by molar-refractivity contribution is 9.10. The minimum atomic E-state index is -0.413. The zero-order chi connectivity index (χ0) is 96.1. The zero-order valence-electron chi connectivity index (χ0n) is 78.3. The first kappa shape index (κ1) is 90.9. The smallest absolute Gasteiger partial charge is 0.399 e. The van der Waals surface area contributed by atoms with Crippen molar-refractivity contribution < 1.29 is 9.31 Å². The van der Waals surface area contributed by atoms with Crippen molar-refractivity contribution in [2.45, 2.75) is 38.9 Å². The minimum Gasteiger partial charge on any atom is -0.399 e. The van der Waals surface area contributed by atoms with E-state index in [0.29, 0.717) is 69.9 Å². The molecule has 1 saturated heterocycles. The molecule has 0 unspecified atom stereocenters. The molecule has 0 amide bonds. The van der Waals surface area contributed by atoms with E-state index in [2.05, 4.69) is 262 Å². The van der Waals surface area contributed by atoms with Gasteiger partial charge in [0.25, 0.3) is 0 Å². The van der Waals surface area contributed by atoms with Crippen molar-refractivity contribution in [3.05, 3.63) is 490 Å². The number of rotatable bonds is 20. The number of hydrogen-bond acceptors (Lipinski definition) is 14. The van der Waals surface area contributed by atoms with Crippen LogP contribution >= 0.6 is 15.9 Å². The average Bonchev–Trinajstić information content (AvgIpc) is 1.61. The molecule has 22 aromatic rings. The third kappa shape index (κ3) is 21.0. The lowest BCUT2D eigenvalue weighted by Crippen LogP contribution is -2.41. The first-order valence-corrected chi connectivity index (χ1v) is 48.0. The molecule has 1 fully saturated rings. The Bertz CT molecular complexity index is 7770. The van der Waals surface area contributed by atoms with Crippen LogP contribution in [0.25, 0.3) is 215 Å². The van der Waals surface area contributed by atoms with Gasteiger partial charge >= 0.3 is 7.12 Å². The molecule has 0 aliphatic carbocycles. The van der Waals surface area contributed by atoms with Crippen LogP contribution in [0.15, 0.2) is 490 Å². The van der Waals surface area contributed by atoms with Gasteiger partial charge in [-0.3, -0.25) is 0 Å². The topological polar surface area (TPSA) is 173 Å². The molecule has 0 bridgehead atoms. The van der Waals surface area contributed by atoms with Gasteiger partial charge in [-0.25, -0.2) is 59.8 Å². The van der Waals surface area contributed by atoms with E-state index in [4.69, 9.17) is 69.1 Å².